The highest BCUT2D eigenvalue weighted by molar-refractivity contribution is 9.09. The molecule has 1 aromatic carbocycles. The van der Waals surface area contributed by atoms with E-state index in [2.05, 4.69) is 41.9 Å². The molecule has 0 fully saturated rings. The van der Waals surface area contributed by atoms with Crippen LogP contribution in [0.15, 0.2) is 18.2 Å². The first-order valence-corrected chi connectivity index (χ1v) is 8.02. The Morgan fingerprint density at radius 3 is 2.26 bits per heavy atom. The Hall–Kier alpha value is -0.700. The summed E-state index contributed by atoms with van der Waals surface area (Å²) >= 11 is 3.73. The van der Waals surface area contributed by atoms with Crippen molar-refractivity contribution in [1.29, 1.82) is 0 Å². The van der Waals surface area contributed by atoms with Gasteiger partial charge in [0.15, 0.2) is 11.5 Å². The molecule has 1 unspecified atom stereocenters. The summed E-state index contributed by atoms with van der Waals surface area (Å²) in [6.45, 7) is 9.79. The molecule has 3 heteroatoms. The lowest BCUT2D eigenvalue weighted by Gasteiger charge is -2.15. The van der Waals surface area contributed by atoms with E-state index in [1.807, 2.05) is 19.9 Å². The molecule has 0 saturated carbocycles. The van der Waals surface area contributed by atoms with E-state index in [1.165, 1.54) is 5.56 Å². The zero-order valence-electron chi connectivity index (χ0n) is 12.4. The fourth-order valence-electron chi connectivity index (χ4n) is 1.89. The molecular weight excluding hydrogens is 304 g/mol. The zero-order chi connectivity index (χ0) is 14.3. The summed E-state index contributed by atoms with van der Waals surface area (Å²) in [7, 11) is 0. The third-order valence-corrected chi connectivity index (χ3v) is 4.56. The molecule has 0 heterocycles. The molecular formula is C16H25BrO2. The van der Waals surface area contributed by atoms with Gasteiger partial charge in [-0.3, -0.25) is 0 Å². The summed E-state index contributed by atoms with van der Waals surface area (Å²) in [6, 6.07) is 6.25. The van der Waals surface area contributed by atoms with Crippen molar-refractivity contribution in [3.05, 3.63) is 23.8 Å². The maximum absolute atomic E-state index is 5.65. The number of halogens is 1. The van der Waals surface area contributed by atoms with Crippen molar-refractivity contribution in [3.63, 3.8) is 0 Å². The van der Waals surface area contributed by atoms with Crippen LogP contribution < -0.4 is 9.47 Å². The molecule has 19 heavy (non-hydrogen) atoms. The highest BCUT2D eigenvalue weighted by Crippen LogP contribution is 2.29. The van der Waals surface area contributed by atoms with E-state index < -0.39 is 0 Å². The Balaban J connectivity index is 2.71. The lowest BCUT2D eigenvalue weighted by Crippen LogP contribution is -2.08. The molecule has 0 aliphatic heterocycles. The molecule has 0 radical (unpaired) electrons. The van der Waals surface area contributed by atoms with Gasteiger partial charge in [-0.25, -0.2) is 0 Å². The van der Waals surface area contributed by atoms with Crippen molar-refractivity contribution in [2.45, 2.75) is 45.4 Å². The summed E-state index contributed by atoms with van der Waals surface area (Å²) < 4.78 is 11.2. The molecule has 0 N–H and O–H groups in total. The number of hydrogen-bond donors (Lipinski definition) is 0. The highest BCUT2D eigenvalue weighted by Gasteiger charge is 2.11. The molecule has 0 aromatic heterocycles. The molecule has 1 atom stereocenters. The van der Waals surface area contributed by atoms with Gasteiger partial charge in [-0.2, -0.15) is 0 Å². The SMILES string of the molecule is CCOc1ccc(CCC(Br)C(C)C)cc1OCC. The largest absolute Gasteiger partial charge is 0.490 e. The van der Waals surface area contributed by atoms with Crippen molar-refractivity contribution in [2.75, 3.05) is 13.2 Å². The molecule has 0 aliphatic carbocycles. The van der Waals surface area contributed by atoms with Crippen molar-refractivity contribution >= 4 is 15.9 Å². The van der Waals surface area contributed by atoms with Crippen molar-refractivity contribution in [1.82, 2.24) is 0 Å². The smallest absolute Gasteiger partial charge is 0.161 e. The topological polar surface area (TPSA) is 18.5 Å². The van der Waals surface area contributed by atoms with Crippen LogP contribution in [0.5, 0.6) is 11.5 Å². The molecule has 2 nitrogen and oxygen atoms in total. The Bertz CT molecular complexity index is 377. The van der Waals surface area contributed by atoms with Crippen LogP contribution in [0.2, 0.25) is 0 Å². The molecule has 108 valence electrons. The Labute approximate surface area is 125 Å². The van der Waals surface area contributed by atoms with Gasteiger partial charge in [-0.1, -0.05) is 35.8 Å². The minimum absolute atomic E-state index is 0.564. The van der Waals surface area contributed by atoms with Crippen molar-refractivity contribution in [2.24, 2.45) is 5.92 Å². The van der Waals surface area contributed by atoms with Gasteiger partial charge >= 0.3 is 0 Å². The van der Waals surface area contributed by atoms with Crippen LogP contribution in [0.25, 0.3) is 0 Å². The van der Waals surface area contributed by atoms with Crippen LogP contribution in [0, 0.1) is 5.92 Å². The fourth-order valence-corrected chi connectivity index (χ4v) is 2.12. The van der Waals surface area contributed by atoms with E-state index in [9.17, 15) is 0 Å². The number of benzene rings is 1. The third kappa shape index (κ3) is 5.43. The number of ether oxygens (including phenoxy) is 2. The summed E-state index contributed by atoms with van der Waals surface area (Å²) in [6.07, 6.45) is 2.19. The van der Waals surface area contributed by atoms with E-state index in [-0.39, 0.29) is 0 Å². The van der Waals surface area contributed by atoms with Crippen LogP contribution in [-0.2, 0) is 6.42 Å². The summed E-state index contributed by atoms with van der Waals surface area (Å²) in [5.41, 5.74) is 1.30. The van der Waals surface area contributed by atoms with E-state index in [1.54, 1.807) is 0 Å². The fraction of sp³-hybridized carbons (Fsp3) is 0.625. The molecule has 0 aliphatic rings. The third-order valence-electron chi connectivity index (χ3n) is 3.04. The zero-order valence-corrected chi connectivity index (χ0v) is 14.0. The Morgan fingerprint density at radius 2 is 1.68 bits per heavy atom. The monoisotopic (exact) mass is 328 g/mol. The Kier molecular flexibility index (Phi) is 7.29. The molecule has 0 bridgehead atoms. The van der Waals surface area contributed by atoms with Crippen molar-refractivity contribution in [3.8, 4) is 11.5 Å². The second-order valence-corrected chi connectivity index (χ2v) is 6.12. The molecule has 0 saturated heterocycles. The van der Waals surface area contributed by atoms with E-state index in [4.69, 9.17) is 9.47 Å². The van der Waals surface area contributed by atoms with Gasteiger partial charge in [0.1, 0.15) is 0 Å². The van der Waals surface area contributed by atoms with Gasteiger partial charge in [0.05, 0.1) is 13.2 Å². The van der Waals surface area contributed by atoms with Crippen LogP contribution in [0.1, 0.15) is 39.7 Å². The van der Waals surface area contributed by atoms with Crippen LogP contribution in [-0.4, -0.2) is 18.0 Å². The first-order chi connectivity index (χ1) is 9.08. The van der Waals surface area contributed by atoms with Crippen LogP contribution in [0.3, 0.4) is 0 Å². The summed E-state index contributed by atoms with van der Waals surface area (Å²) in [4.78, 5) is 0.564. The predicted octanol–water partition coefficient (Wildman–Crippen LogP) is 4.84. The lowest BCUT2D eigenvalue weighted by molar-refractivity contribution is 0.287. The predicted molar refractivity (Wildman–Crippen MR) is 84.7 cm³/mol. The second kappa shape index (κ2) is 8.47. The summed E-state index contributed by atoms with van der Waals surface area (Å²) in [5, 5.41) is 0. The minimum atomic E-state index is 0.564. The maximum Gasteiger partial charge on any atom is 0.161 e. The first kappa shape index (κ1) is 16.4. The van der Waals surface area contributed by atoms with Crippen LogP contribution in [0.4, 0.5) is 0 Å². The van der Waals surface area contributed by atoms with Gasteiger partial charge in [0, 0.05) is 4.83 Å². The molecule has 1 rings (SSSR count). The van der Waals surface area contributed by atoms with Gasteiger partial charge in [-0.05, 0) is 50.3 Å². The summed E-state index contributed by atoms with van der Waals surface area (Å²) in [5.74, 6) is 2.36. The maximum atomic E-state index is 5.65. The number of alkyl halides is 1. The van der Waals surface area contributed by atoms with Gasteiger partial charge in [0.2, 0.25) is 0 Å². The van der Waals surface area contributed by atoms with Crippen molar-refractivity contribution < 1.29 is 9.47 Å². The molecule has 0 amide bonds. The normalized spacial score (nSPS) is 12.5. The number of rotatable bonds is 8. The van der Waals surface area contributed by atoms with Gasteiger partial charge in [0.25, 0.3) is 0 Å². The van der Waals surface area contributed by atoms with Crippen LogP contribution >= 0.6 is 15.9 Å². The minimum Gasteiger partial charge on any atom is -0.490 e. The standard InChI is InChI=1S/C16H25BrO2/c1-5-18-15-10-8-13(11-16(15)19-6-2)7-9-14(17)12(3)4/h8,10-12,14H,5-7,9H2,1-4H3. The lowest BCUT2D eigenvalue weighted by atomic mass is 10.0. The molecule has 1 aromatic rings. The van der Waals surface area contributed by atoms with E-state index in [0.717, 1.165) is 24.3 Å². The number of hydrogen-bond acceptors (Lipinski definition) is 2. The average molecular weight is 329 g/mol. The Morgan fingerprint density at radius 1 is 1.05 bits per heavy atom. The molecule has 0 spiro atoms. The first-order valence-electron chi connectivity index (χ1n) is 7.11. The van der Waals surface area contributed by atoms with E-state index in [0.29, 0.717) is 24.0 Å². The van der Waals surface area contributed by atoms with Gasteiger partial charge in [-0.15, -0.1) is 0 Å². The van der Waals surface area contributed by atoms with E-state index >= 15 is 0 Å². The van der Waals surface area contributed by atoms with Gasteiger partial charge < -0.3 is 9.47 Å². The highest BCUT2D eigenvalue weighted by atomic mass is 79.9. The average Bonchev–Trinajstić information content (AvgIpc) is 2.39. The second-order valence-electron chi connectivity index (χ2n) is 4.95. The number of aryl methyl sites for hydroxylation is 1. The quantitative estimate of drug-likeness (QED) is 0.636.